The molecule has 2 nitrogen and oxygen atoms in total. The molecular weight excluding hydrogens is 234 g/mol. The van der Waals surface area contributed by atoms with Crippen molar-refractivity contribution in [3.05, 3.63) is 59.2 Å². The van der Waals surface area contributed by atoms with Crippen molar-refractivity contribution in [2.45, 2.75) is 32.2 Å². The number of hydrogen-bond acceptors (Lipinski definition) is 2. The van der Waals surface area contributed by atoms with Crippen molar-refractivity contribution in [1.29, 1.82) is 0 Å². The Kier molecular flexibility index (Phi) is 2.94. The number of hydrogen-bond donors (Lipinski definition) is 2. The number of phenolic OH excluding ortho intramolecular Hbond substituents is 1. The summed E-state index contributed by atoms with van der Waals surface area (Å²) >= 11 is 0. The highest BCUT2D eigenvalue weighted by Gasteiger charge is 2.31. The van der Waals surface area contributed by atoms with E-state index in [4.69, 9.17) is 0 Å². The highest BCUT2D eigenvalue weighted by atomic mass is 16.3. The van der Waals surface area contributed by atoms with Gasteiger partial charge in [-0.15, -0.1) is 0 Å². The van der Waals surface area contributed by atoms with Crippen LogP contribution in [0.5, 0.6) is 5.75 Å². The van der Waals surface area contributed by atoms with E-state index in [2.05, 4.69) is 31.3 Å². The first-order valence-corrected chi connectivity index (χ1v) is 6.80. The number of rotatable bonds is 2. The SMILES string of the molecule is Cc1ccc(O)c2c1C(C)CC2Nc1ccccc1. The second kappa shape index (κ2) is 4.61. The number of aryl methyl sites for hydroxylation is 1. The smallest absolute Gasteiger partial charge is 0.121 e. The van der Waals surface area contributed by atoms with Crippen LogP contribution in [0.25, 0.3) is 0 Å². The Labute approximate surface area is 114 Å². The second-order valence-electron chi connectivity index (χ2n) is 5.43. The molecule has 2 heteroatoms. The molecule has 2 N–H and O–H groups in total. The fourth-order valence-electron chi connectivity index (χ4n) is 3.21. The van der Waals surface area contributed by atoms with Gasteiger partial charge >= 0.3 is 0 Å². The van der Waals surface area contributed by atoms with Crippen LogP contribution < -0.4 is 5.32 Å². The number of benzene rings is 2. The lowest BCUT2D eigenvalue weighted by Gasteiger charge is -2.17. The van der Waals surface area contributed by atoms with Crippen molar-refractivity contribution in [1.82, 2.24) is 0 Å². The molecule has 2 aromatic rings. The van der Waals surface area contributed by atoms with E-state index >= 15 is 0 Å². The zero-order chi connectivity index (χ0) is 13.4. The molecule has 0 radical (unpaired) electrons. The van der Waals surface area contributed by atoms with Crippen molar-refractivity contribution >= 4 is 5.69 Å². The van der Waals surface area contributed by atoms with Crippen molar-refractivity contribution in [2.24, 2.45) is 0 Å². The number of phenols is 1. The molecule has 0 saturated heterocycles. The molecule has 1 aliphatic carbocycles. The van der Waals surface area contributed by atoms with Gasteiger partial charge in [-0.3, -0.25) is 0 Å². The minimum atomic E-state index is 0.201. The summed E-state index contributed by atoms with van der Waals surface area (Å²) < 4.78 is 0. The number of aromatic hydroxyl groups is 1. The van der Waals surface area contributed by atoms with Crippen LogP contribution in [0.2, 0.25) is 0 Å². The summed E-state index contributed by atoms with van der Waals surface area (Å²) in [7, 11) is 0. The number of nitrogens with one attached hydrogen (secondary N) is 1. The summed E-state index contributed by atoms with van der Waals surface area (Å²) in [4.78, 5) is 0. The van der Waals surface area contributed by atoms with Crippen LogP contribution in [-0.2, 0) is 0 Å². The van der Waals surface area contributed by atoms with E-state index in [1.165, 1.54) is 11.1 Å². The maximum Gasteiger partial charge on any atom is 0.121 e. The predicted octanol–water partition coefficient (Wildman–Crippen LogP) is 4.36. The lowest BCUT2D eigenvalue weighted by atomic mass is 9.97. The normalized spacial score (nSPS) is 21.2. The van der Waals surface area contributed by atoms with Crippen molar-refractivity contribution < 1.29 is 5.11 Å². The van der Waals surface area contributed by atoms with Crippen molar-refractivity contribution in [2.75, 3.05) is 5.32 Å². The van der Waals surface area contributed by atoms with Gasteiger partial charge in [0.25, 0.3) is 0 Å². The van der Waals surface area contributed by atoms with E-state index in [0.29, 0.717) is 11.7 Å². The average molecular weight is 253 g/mol. The maximum atomic E-state index is 10.2. The largest absolute Gasteiger partial charge is 0.508 e. The molecule has 0 bridgehead atoms. The Bertz CT molecular complexity index is 592. The summed E-state index contributed by atoms with van der Waals surface area (Å²) in [6.45, 7) is 4.36. The Hall–Kier alpha value is -1.96. The summed E-state index contributed by atoms with van der Waals surface area (Å²) in [5.74, 6) is 0.904. The summed E-state index contributed by atoms with van der Waals surface area (Å²) in [5.41, 5.74) is 4.77. The first-order valence-electron chi connectivity index (χ1n) is 6.80. The molecule has 2 unspecified atom stereocenters. The quantitative estimate of drug-likeness (QED) is 0.833. The van der Waals surface area contributed by atoms with Crippen LogP contribution >= 0.6 is 0 Å². The second-order valence-corrected chi connectivity index (χ2v) is 5.43. The Balaban J connectivity index is 1.98. The Morgan fingerprint density at radius 1 is 1.05 bits per heavy atom. The van der Waals surface area contributed by atoms with E-state index in [-0.39, 0.29) is 6.04 Å². The third-order valence-electron chi connectivity index (χ3n) is 4.03. The van der Waals surface area contributed by atoms with E-state index in [0.717, 1.165) is 17.7 Å². The molecule has 0 fully saturated rings. The Morgan fingerprint density at radius 2 is 1.79 bits per heavy atom. The molecule has 2 aromatic carbocycles. The van der Waals surface area contributed by atoms with Crippen LogP contribution in [0, 0.1) is 6.92 Å². The van der Waals surface area contributed by atoms with Gasteiger partial charge in [0.15, 0.2) is 0 Å². The highest BCUT2D eigenvalue weighted by molar-refractivity contribution is 5.55. The minimum absolute atomic E-state index is 0.201. The molecule has 98 valence electrons. The molecule has 0 amide bonds. The summed E-state index contributed by atoms with van der Waals surface area (Å²) in [6, 6.07) is 14.2. The molecule has 0 saturated carbocycles. The van der Waals surface area contributed by atoms with E-state index in [9.17, 15) is 5.11 Å². The van der Waals surface area contributed by atoms with E-state index in [1.54, 1.807) is 0 Å². The molecule has 0 aliphatic heterocycles. The third kappa shape index (κ3) is 2.07. The monoisotopic (exact) mass is 253 g/mol. The van der Waals surface area contributed by atoms with Gasteiger partial charge in [0.2, 0.25) is 0 Å². The number of para-hydroxylation sites is 1. The standard InChI is InChI=1S/C17H19NO/c1-11-8-9-15(19)17-14(10-12(2)16(11)17)18-13-6-4-3-5-7-13/h3-9,12,14,18-19H,10H2,1-2H3. The van der Waals surface area contributed by atoms with Crippen LogP contribution in [0.4, 0.5) is 5.69 Å². The first-order chi connectivity index (χ1) is 9.16. The predicted molar refractivity (Wildman–Crippen MR) is 78.7 cm³/mol. The van der Waals surface area contributed by atoms with Crippen molar-refractivity contribution in [3.8, 4) is 5.75 Å². The molecular formula is C17H19NO. The first kappa shape index (κ1) is 12.1. The van der Waals surface area contributed by atoms with Gasteiger partial charge in [0, 0.05) is 11.3 Å². The van der Waals surface area contributed by atoms with Gasteiger partial charge in [-0.2, -0.15) is 0 Å². The number of fused-ring (bicyclic) bond motifs is 1. The lowest BCUT2D eigenvalue weighted by molar-refractivity contribution is 0.465. The maximum absolute atomic E-state index is 10.2. The van der Waals surface area contributed by atoms with Gasteiger partial charge in [-0.1, -0.05) is 31.2 Å². The molecule has 2 atom stereocenters. The molecule has 0 heterocycles. The zero-order valence-corrected chi connectivity index (χ0v) is 11.4. The van der Waals surface area contributed by atoms with Crippen LogP contribution in [0.15, 0.2) is 42.5 Å². The molecule has 1 aliphatic rings. The molecule has 0 aromatic heterocycles. The summed E-state index contributed by atoms with van der Waals surface area (Å²) in [6.07, 6.45) is 1.03. The zero-order valence-electron chi connectivity index (χ0n) is 11.4. The summed E-state index contributed by atoms with van der Waals surface area (Å²) in [5, 5.41) is 13.7. The van der Waals surface area contributed by atoms with Gasteiger partial charge < -0.3 is 10.4 Å². The van der Waals surface area contributed by atoms with Crippen LogP contribution in [-0.4, -0.2) is 5.11 Å². The van der Waals surface area contributed by atoms with Crippen LogP contribution in [0.3, 0.4) is 0 Å². The van der Waals surface area contributed by atoms with Gasteiger partial charge in [0.1, 0.15) is 5.75 Å². The molecule has 0 spiro atoms. The van der Waals surface area contributed by atoms with Crippen LogP contribution in [0.1, 0.15) is 42.0 Å². The fraction of sp³-hybridized carbons (Fsp3) is 0.294. The molecule has 19 heavy (non-hydrogen) atoms. The van der Waals surface area contributed by atoms with Gasteiger partial charge in [-0.25, -0.2) is 0 Å². The number of anilines is 1. The third-order valence-corrected chi connectivity index (χ3v) is 4.03. The lowest BCUT2D eigenvalue weighted by Crippen LogP contribution is -2.07. The topological polar surface area (TPSA) is 32.3 Å². The average Bonchev–Trinajstić information content (AvgIpc) is 2.73. The minimum Gasteiger partial charge on any atom is -0.508 e. The van der Waals surface area contributed by atoms with E-state index in [1.807, 2.05) is 30.3 Å². The highest BCUT2D eigenvalue weighted by Crippen LogP contribution is 2.47. The van der Waals surface area contributed by atoms with Gasteiger partial charge in [-0.05, 0) is 48.6 Å². The van der Waals surface area contributed by atoms with Crippen molar-refractivity contribution in [3.63, 3.8) is 0 Å². The van der Waals surface area contributed by atoms with Gasteiger partial charge in [0.05, 0.1) is 6.04 Å². The Morgan fingerprint density at radius 3 is 2.53 bits per heavy atom. The van der Waals surface area contributed by atoms with E-state index < -0.39 is 0 Å². The fourth-order valence-corrected chi connectivity index (χ4v) is 3.21. The molecule has 3 rings (SSSR count).